The molecule has 0 N–H and O–H groups in total. The zero-order valence-corrected chi connectivity index (χ0v) is 11.1. The standard InChI is InChI=1S/C10H9NOS.ClH.Mg/c12-10-6-7-13-11(10)8-9-4-2-1-3-5-9;;/h1-7H,8H2;1H;/q;;+2/p-1. The van der Waals surface area contributed by atoms with Crippen molar-refractivity contribution < 1.29 is 12.4 Å². The molecule has 1 heterocycles. The summed E-state index contributed by atoms with van der Waals surface area (Å²) in [6, 6.07) is 11.6. The molecule has 15 heavy (non-hydrogen) atoms. The Balaban J connectivity index is 0.000000980. The summed E-state index contributed by atoms with van der Waals surface area (Å²) in [5.41, 5.74) is 1.24. The Morgan fingerprint density at radius 2 is 1.80 bits per heavy atom. The monoisotopic (exact) mass is 250 g/mol. The molecule has 1 aromatic heterocycles. The number of hydrogen-bond acceptors (Lipinski definition) is 2. The quantitative estimate of drug-likeness (QED) is 0.600. The first-order valence-electron chi connectivity index (χ1n) is 4.05. The van der Waals surface area contributed by atoms with E-state index in [1.54, 1.807) is 10.0 Å². The van der Waals surface area contributed by atoms with Crippen LogP contribution in [0.3, 0.4) is 0 Å². The smallest absolute Gasteiger partial charge is 1.00 e. The number of nitrogens with zero attached hydrogens (tertiary/aromatic N) is 1. The Morgan fingerprint density at radius 3 is 2.33 bits per heavy atom. The molecule has 0 aliphatic carbocycles. The number of aromatic nitrogens is 1. The predicted molar refractivity (Wildman–Crippen MR) is 59.9 cm³/mol. The summed E-state index contributed by atoms with van der Waals surface area (Å²) in [5.74, 6) is 0. The van der Waals surface area contributed by atoms with Crippen LogP contribution >= 0.6 is 11.5 Å². The van der Waals surface area contributed by atoms with E-state index in [1.165, 1.54) is 11.5 Å². The summed E-state index contributed by atoms with van der Waals surface area (Å²) in [6.07, 6.45) is 0. The molecule has 2 aromatic rings. The molecule has 0 amide bonds. The third-order valence-corrected chi connectivity index (χ3v) is 2.63. The molecule has 0 aliphatic heterocycles. The molecular formula is C10H9ClMgNOS+. The van der Waals surface area contributed by atoms with Crippen LogP contribution in [0.2, 0.25) is 0 Å². The van der Waals surface area contributed by atoms with E-state index in [0.29, 0.717) is 6.54 Å². The molecule has 0 radical (unpaired) electrons. The fourth-order valence-corrected chi connectivity index (χ4v) is 1.87. The Hall–Kier alpha value is -0.294. The second-order valence-electron chi connectivity index (χ2n) is 2.77. The van der Waals surface area contributed by atoms with E-state index in [2.05, 4.69) is 0 Å². The van der Waals surface area contributed by atoms with Gasteiger partial charge in [0.1, 0.15) is 0 Å². The molecular weight excluding hydrogens is 242 g/mol. The number of halogens is 1. The van der Waals surface area contributed by atoms with Crippen molar-refractivity contribution in [2.75, 3.05) is 0 Å². The van der Waals surface area contributed by atoms with Crippen LogP contribution in [-0.2, 0) is 6.54 Å². The molecule has 0 saturated heterocycles. The first-order chi connectivity index (χ1) is 6.36. The van der Waals surface area contributed by atoms with Gasteiger partial charge >= 0.3 is 23.1 Å². The minimum atomic E-state index is 0. The Morgan fingerprint density at radius 1 is 1.13 bits per heavy atom. The predicted octanol–water partition coefficient (Wildman–Crippen LogP) is -1.42. The first kappa shape index (κ1) is 14.7. The van der Waals surface area contributed by atoms with E-state index in [0.717, 1.165) is 5.56 Å². The van der Waals surface area contributed by atoms with E-state index in [9.17, 15) is 4.79 Å². The molecule has 0 bridgehead atoms. The van der Waals surface area contributed by atoms with Crippen molar-refractivity contribution in [2.45, 2.75) is 6.54 Å². The van der Waals surface area contributed by atoms with Gasteiger partial charge in [-0.2, -0.15) is 0 Å². The van der Waals surface area contributed by atoms with Gasteiger partial charge < -0.3 is 12.4 Å². The van der Waals surface area contributed by atoms with E-state index in [4.69, 9.17) is 0 Å². The molecule has 2 nitrogen and oxygen atoms in total. The van der Waals surface area contributed by atoms with Crippen LogP contribution in [0.4, 0.5) is 0 Å². The Labute approximate surface area is 115 Å². The van der Waals surface area contributed by atoms with E-state index >= 15 is 0 Å². The maximum atomic E-state index is 11.2. The third-order valence-electron chi connectivity index (χ3n) is 1.81. The Kier molecular flexibility index (Phi) is 6.92. The summed E-state index contributed by atoms with van der Waals surface area (Å²) in [4.78, 5) is 11.2. The fourth-order valence-electron chi connectivity index (χ4n) is 1.16. The molecule has 0 aliphatic rings. The van der Waals surface area contributed by atoms with Crippen molar-refractivity contribution in [3.63, 3.8) is 0 Å². The third kappa shape index (κ3) is 3.99. The second kappa shape index (κ2) is 7.06. The average Bonchev–Trinajstić information content (AvgIpc) is 2.54. The van der Waals surface area contributed by atoms with Crippen LogP contribution in [-0.4, -0.2) is 27.0 Å². The van der Waals surface area contributed by atoms with Gasteiger partial charge in [0.05, 0.1) is 6.54 Å². The summed E-state index contributed by atoms with van der Waals surface area (Å²) in [6.45, 7) is 0.678. The van der Waals surface area contributed by atoms with Crippen molar-refractivity contribution in [1.29, 1.82) is 0 Å². The SMILES string of the molecule is O=c1ccsn1Cc1ccccc1.[Cl-].[Mg+2]. The van der Waals surface area contributed by atoms with Gasteiger partial charge in [-0.15, -0.1) is 0 Å². The maximum Gasteiger partial charge on any atom is 2.00 e. The van der Waals surface area contributed by atoms with Gasteiger partial charge in [-0.25, -0.2) is 0 Å². The zero-order chi connectivity index (χ0) is 9.10. The Bertz CT molecular complexity index is 440. The summed E-state index contributed by atoms with van der Waals surface area (Å²) in [7, 11) is 0. The molecule has 0 spiro atoms. The van der Waals surface area contributed by atoms with Crippen LogP contribution in [0.25, 0.3) is 0 Å². The summed E-state index contributed by atoms with van der Waals surface area (Å²) in [5, 5.41) is 1.81. The second-order valence-corrected chi connectivity index (χ2v) is 3.69. The van der Waals surface area contributed by atoms with Crippen LogP contribution in [0, 0.1) is 0 Å². The van der Waals surface area contributed by atoms with Crippen molar-refractivity contribution in [3.8, 4) is 0 Å². The van der Waals surface area contributed by atoms with Gasteiger partial charge in [-0.05, 0) is 5.56 Å². The van der Waals surface area contributed by atoms with Crippen LogP contribution in [0.1, 0.15) is 5.56 Å². The molecule has 1 aromatic carbocycles. The summed E-state index contributed by atoms with van der Waals surface area (Å²) >= 11 is 1.45. The van der Waals surface area contributed by atoms with E-state index in [1.807, 2.05) is 35.7 Å². The van der Waals surface area contributed by atoms with Gasteiger partial charge in [0.2, 0.25) is 0 Å². The van der Waals surface area contributed by atoms with Crippen molar-refractivity contribution in [2.24, 2.45) is 0 Å². The van der Waals surface area contributed by atoms with E-state index < -0.39 is 0 Å². The first-order valence-corrected chi connectivity index (χ1v) is 4.89. The average molecular weight is 251 g/mol. The van der Waals surface area contributed by atoms with Gasteiger partial charge in [0.25, 0.3) is 5.56 Å². The van der Waals surface area contributed by atoms with Crippen LogP contribution < -0.4 is 18.0 Å². The van der Waals surface area contributed by atoms with Gasteiger partial charge in [0.15, 0.2) is 0 Å². The van der Waals surface area contributed by atoms with Crippen molar-refractivity contribution >= 4 is 34.6 Å². The van der Waals surface area contributed by atoms with Gasteiger partial charge in [0, 0.05) is 11.4 Å². The van der Waals surface area contributed by atoms with Crippen molar-refractivity contribution in [1.82, 2.24) is 3.96 Å². The molecule has 0 atom stereocenters. The molecule has 5 heteroatoms. The molecule has 0 unspecified atom stereocenters. The normalized spacial score (nSPS) is 8.80. The number of hydrogen-bond donors (Lipinski definition) is 0. The molecule has 2 rings (SSSR count). The molecule has 0 fully saturated rings. The van der Waals surface area contributed by atoms with Crippen LogP contribution in [0.5, 0.6) is 0 Å². The minimum absolute atomic E-state index is 0. The topological polar surface area (TPSA) is 22.0 Å². The largest absolute Gasteiger partial charge is 2.00 e. The summed E-state index contributed by atoms with van der Waals surface area (Å²) < 4.78 is 1.73. The van der Waals surface area contributed by atoms with Crippen molar-refractivity contribution in [3.05, 3.63) is 57.7 Å². The number of rotatable bonds is 2. The van der Waals surface area contributed by atoms with Gasteiger partial charge in [-0.3, -0.25) is 8.75 Å². The minimum Gasteiger partial charge on any atom is -1.00 e. The molecule has 74 valence electrons. The fraction of sp³-hybridized carbons (Fsp3) is 0.100. The van der Waals surface area contributed by atoms with E-state index in [-0.39, 0.29) is 41.0 Å². The number of benzene rings is 1. The van der Waals surface area contributed by atoms with Crippen LogP contribution in [0.15, 0.2) is 46.6 Å². The maximum absolute atomic E-state index is 11.2. The van der Waals surface area contributed by atoms with Gasteiger partial charge in [-0.1, -0.05) is 41.9 Å². The molecule has 0 saturated carbocycles. The zero-order valence-electron chi connectivity index (χ0n) is 8.10.